The molecule has 0 amide bonds. The van der Waals surface area contributed by atoms with E-state index in [0.717, 1.165) is 16.9 Å². The Bertz CT molecular complexity index is 714. The summed E-state index contributed by atoms with van der Waals surface area (Å²) in [7, 11) is -1.83. The van der Waals surface area contributed by atoms with Crippen molar-refractivity contribution in [3.05, 3.63) is 65.1 Å². The molecule has 104 valence electrons. The average molecular weight is 288 g/mol. The quantitative estimate of drug-likeness (QED) is 0.865. The van der Waals surface area contributed by atoms with Crippen molar-refractivity contribution in [2.24, 2.45) is 0 Å². The summed E-state index contributed by atoms with van der Waals surface area (Å²) in [4.78, 5) is 0.338. The normalized spacial score (nSPS) is 11.7. The van der Waals surface area contributed by atoms with Crippen LogP contribution in [0.25, 0.3) is 6.08 Å². The molecule has 0 radical (unpaired) electrons. The van der Waals surface area contributed by atoms with E-state index in [1.54, 1.807) is 50.4 Å². The second-order valence-electron chi connectivity index (χ2n) is 4.39. The molecule has 4 heteroatoms. The smallest absolute Gasteiger partial charge is 0.200 e. The molecule has 0 saturated carbocycles. The summed E-state index contributed by atoms with van der Waals surface area (Å²) < 4.78 is 29.5. The van der Waals surface area contributed by atoms with Gasteiger partial charge in [-0.25, -0.2) is 8.42 Å². The number of rotatable bonds is 4. The van der Waals surface area contributed by atoms with Crippen LogP contribution in [0.5, 0.6) is 5.75 Å². The van der Waals surface area contributed by atoms with Gasteiger partial charge in [0.2, 0.25) is 0 Å². The zero-order chi connectivity index (χ0) is 14.6. The van der Waals surface area contributed by atoms with Gasteiger partial charge in [0.15, 0.2) is 9.84 Å². The standard InChI is InChI=1S/C16H16O3S/c1-13-5-3-4-6-16(13)20(17,18)12-11-14-7-9-15(19-2)10-8-14/h3-12H,1-2H3/b12-11+. The van der Waals surface area contributed by atoms with Gasteiger partial charge in [0, 0.05) is 5.41 Å². The van der Waals surface area contributed by atoms with Crippen LogP contribution >= 0.6 is 0 Å². The summed E-state index contributed by atoms with van der Waals surface area (Å²) in [5.41, 5.74) is 1.55. The molecule has 2 rings (SSSR count). The van der Waals surface area contributed by atoms with Gasteiger partial charge >= 0.3 is 0 Å². The number of benzene rings is 2. The van der Waals surface area contributed by atoms with E-state index in [1.807, 2.05) is 18.2 Å². The third-order valence-corrected chi connectivity index (χ3v) is 4.52. The Morgan fingerprint density at radius 3 is 2.25 bits per heavy atom. The Kier molecular flexibility index (Phi) is 4.25. The molecule has 0 spiro atoms. The Balaban J connectivity index is 2.28. The van der Waals surface area contributed by atoms with E-state index in [-0.39, 0.29) is 0 Å². The van der Waals surface area contributed by atoms with E-state index in [9.17, 15) is 8.42 Å². The molecule has 0 saturated heterocycles. The van der Waals surface area contributed by atoms with Crippen LogP contribution in [0.15, 0.2) is 58.8 Å². The van der Waals surface area contributed by atoms with E-state index in [0.29, 0.717) is 4.90 Å². The third-order valence-electron chi connectivity index (χ3n) is 2.96. The molecular weight excluding hydrogens is 272 g/mol. The highest BCUT2D eigenvalue weighted by Crippen LogP contribution is 2.19. The van der Waals surface area contributed by atoms with Crippen LogP contribution in [0.4, 0.5) is 0 Å². The van der Waals surface area contributed by atoms with Crippen molar-refractivity contribution in [2.75, 3.05) is 7.11 Å². The van der Waals surface area contributed by atoms with Gasteiger partial charge in [0.05, 0.1) is 12.0 Å². The van der Waals surface area contributed by atoms with Gasteiger partial charge in [-0.3, -0.25) is 0 Å². The number of hydrogen-bond donors (Lipinski definition) is 0. The number of methoxy groups -OCH3 is 1. The van der Waals surface area contributed by atoms with E-state index in [2.05, 4.69) is 0 Å². The third kappa shape index (κ3) is 3.27. The van der Waals surface area contributed by atoms with Crippen molar-refractivity contribution < 1.29 is 13.2 Å². The summed E-state index contributed by atoms with van der Waals surface area (Å²) in [5, 5.41) is 1.23. The first-order valence-electron chi connectivity index (χ1n) is 6.16. The summed E-state index contributed by atoms with van der Waals surface area (Å²) in [5.74, 6) is 0.740. The molecule has 20 heavy (non-hydrogen) atoms. The van der Waals surface area contributed by atoms with Crippen molar-refractivity contribution in [1.29, 1.82) is 0 Å². The lowest BCUT2D eigenvalue weighted by atomic mass is 10.2. The summed E-state index contributed by atoms with van der Waals surface area (Å²) in [6, 6.07) is 14.1. The number of ether oxygens (including phenoxy) is 1. The van der Waals surface area contributed by atoms with Gasteiger partial charge in [-0.15, -0.1) is 0 Å². The first kappa shape index (κ1) is 14.3. The number of hydrogen-bond acceptors (Lipinski definition) is 3. The highest BCUT2D eigenvalue weighted by Gasteiger charge is 2.12. The molecule has 0 heterocycles. The minimum absolute atomic E-state index is 0.338. The fourth-order valence-corrected chi connectivity index (χ4v) is 3.10. The molecule has 2 aromatic carbocycles. The predicted octanol–water partition coefficient (Wildman–Crippen LogP) is 3.45. The fraction of sp³-hybridized carbons (Fsp3) is 0.125. The lowest BCUT2D eigenvalue weighted by Crippen LogP contribution is -1.98. The Morgan fingerprint density at radius 2 is 1.65 bits per heavy atom. The molecule has 0 aromatic heterocycles. The molecule has 0 atom stereocenters. The Hall–Kier alpha value is -2.07. The molecule has 0 aliphatic rings. The van der Waals surface area contributed by atoms with Gasteiger partial charge < -0.3 is 4.74 Å². The maximum atomic E-state index is 12.2. The van der Waals surface area contributed by atoms with Gasteiger partial charge in [-0.1, -0.05) is 30.3 Å². The molecule has 0 fully saturated rings. The van der Waals surface area contributed by atoms with E-state index in [1.165, 1.54) is 5.41 Å². The molecule has 0 unspecified atom stereocenters. The topological polar surface area (TPSA) is 43.4 Å². The zero-order valence-corrected chi connectivity index (χ0v) is 12.2. The fourth-order valence-electron chi connectivity index (χ4n) is 1.83. The van der Waals surface area contributed by atoms with Crippen molar-refractivity contribution in [1.82, 2.24) is 0 Å². The van der Waals surface area contributed by atoms with Crippen molar-refractivity contribution >= 4 is 15.9 Å². The van der Waals surface area contributed by atoms with Gasteiger partial charge in [0.1, 0.15) is 5.75 Å². The van der Waals surface area contributed by atoms with Crippen molar-refractivity contribution in [2.45, 2.75) is 11.8 Å². The van der Waals surface area contributed by atoms with Gasteiger partial charge in [0.25, 0.3) is 0 Å². The van der Waals surface area contributed by atoms with Crippen molar-refractivity contribution in [3.8, 4) is 5.75 Å². The monoisotopic (exact) mass is 288 g/mol. The lowest BCUT2D eigenvalue weighted by Gasteiger charge is -2.03. The number of sulfone groups is 1. The highest BCUT2D eigenvalue weighted by atomic mass is 32.2. The van der Waals surface area contributed by atoms with Crippen LogP contribution in [-0.2, 0) is 9.84 Å². The van der Waals surface area contributed by atoms with Crippen LogP contribution in [-0.4, -0.2) is 15.5 Å². The van der Waals surface area contributed by atoms with E-state index < -0.39 is 9.84 Å². The first-order chi connectivity index (χ1) is 9.53. The van der Waals surface area contributed by atoms with Crippen LogP contribution in [0.1, 0.15) is 11.1 Å². The molecule has 0 aliphatic carbocycles. The van der Waals surface area contributed by atoms with Gasteiger partial charge in [-0.2, -0.15) is 0 Å². The van der Waals surface area contributed by atoms with Crippen LogP contribution in [0, 0.1) is 6.92 Å². The number of aryl methyl sites for hydroxylation is 1. The second-order valence-corrected chi connectivity index (χ2v) is 6.19. The molecule has 0 aliphatic heterocycles. The minimum Gasteiger partial charge on any atom is -0.497 e. The Labute approximate surface area is 119 Å². The highest BCUT2D eigenvalue weighted by molar-refractivity contribution is 7.94. The summed E-state index contributed by atoms with van der Waals surface area (Å²) >= 11 is 0. The maximum Gasteiger partial charge on any atom is 0.200 e. The maximum absolute atomic E-state index is 12.2. The largest absolute Gasteiger partial charge is 0.497 e. The molecule has 3 nitrogen and oxygen atoms in total. The van der Waals surface area contributed by atoms with Gasteiger partial charge in [-0.05, 0) is 42.3 Å². The summed E-state index contributed by atoms with van der Waals surface area (Å²) in [6.45, 7) is 1.79. The molecule has 2 aromatic rings. The van der Waals surface area contributed by atoms with Crippen molar-refractivity contribution in [3.63, 3.8) is 0 Å². The van der Waals surface area contributed by atoms with E-state index >= 15 is 0 Å². The minimum atomic E-state index is -3.42. The Morgan fingerprint density at radius 1 is 1.00 bits per heavy atom. The predicted molar refractivity (Wildman–Crippen MR) is 80.4 cm³/mol. The van der Waals surface area contributed by atoms with E-state index in [4.69, 9.17) is 4.74 Å². The molecule has 0 N–H and O–H groups in total. The lowest BCUT2D eigenvalue weighted by molar-refractivity contribution is 0.415. The second kappa shape index (κ2) is 5.92. The van der Waals surface area contributed by atoms with Crippen LogP contribution in [0.3, 0.4) is 0 Å². The SMILES string of the molecule is COc1ccc(/C=C/S(=O)(=O)c2ccccc2C)cc1. The van der Waals surface area contributed by atoms with Crippen LogP contribution < -0.4 is 4.74 Å². The average Bonchev–Trinajstić information content (AvgIpc) is 2.46. The zero-order valence-electron chi connectivity index (χ0n) is 11.4. The summed E-state index contributed by atoms with van der Waals surface area (Å²) in [6.07, 6.45) is 1.58. The van der Waals surface area contributed by atoms with Crippen LogP contribution in [0.2, 0.25) is 0 Å². The molecular formula is C16H16O3S. The first-order valence-corrected chi connectivity index (χ1v) is 7.70. The molecule has 0 bridgehead atoms.